The summed E-state index contributed by atoms with van der Waals surface area (Å²) in [5.41, 5.74) is 2.48. The van der Waals surface area contributed by atoms with E-state index in [0.717, 1.165) is 11.1 Å². The summed E-state index contributed by atoms with van der Waals surface area (Å²) in [6, 6.07) is 19.9. The standard InChI is InChI=1S/C23H16N2O3/c26-21-17-8-4-5-9-18(17)28-22-19(21)20(16-10-12-24-13-11-16)25(23(22)27)14-15-6-2-1-3-7-15/h1-13,20H,14H2. The molecule has 0 saturated heterocycles. The van der Waals surface area contributed by atoms with E-state index < -0.39 is 6.04 Å². The van der Waals surface area contributed by atoms with Crippen molar-refractivity contribution in [3.8, 4) is 0 Å². The zero-order valence-electron chi connectivity index (χ0n) is 14.9. The van der Waals surface area contributed by atoms with Gasteiger partial charge in [-0.3, -0.25) is 14.6 Å². The van der Waals surface area contributed by atoms with Crippen LogP contribution in [0.2, 0.25) is 0 Å². The van der Waals surface area contributed by atoms with Crippen molar-refractivity contribution in [2.45, 2.75) is 12.6 Å². The quantitative estimate of drug-likeness (QED) is 0.550. The van der Waals surface area contributed by atoms with Gasteiger partial charge in [0.15, 0.2) is 5.43 Å². The number of aromatic nitrogens is 1. The van der Waals surface area contributed by atoms with E-state index in [9.17, 15) is 9.59 Å². The number of hydrogen-bond acceptors (Lipinski definition) is 4. The van der Waals surface area contributed by atoms with Crippen LogP contribution in [0.3, 0.4) is 0 Å². The molecule has 1 unspecified atom stereocenters. The molecule has 4 aromatic rings. The fourth-order valence-corrected chi connectivity index (χ4v) is 3.80. The highest BCUT2D eigenvalue weighted by atomic mass is 16.3. The second-order valence-corrected chi connectivity index (χ2v) is 6.77. The fourth-order valence-electron chi connectivity index (χ4n) is 3.80. The molecule has 5 rings (SSSR count). The van der Waals surface area contributed by atoms with Crippen molar-refractivity contribution in [1.29, 1.82) is 0 Å². The zero-order valence-corrected chi connectivity index (χ0v) is 14.9. The molecule has 2 aromatic heterocycles. The van der Waals surface area contributed by atoms with E-state index in [2.05, 4.69) is 4.98 Å². The van der Waals surface area contributed by atoms with Crippen molar-refractivity contribution >= 4 is 16.9 Å². The minimum absolute atomic E-state index is 0.126. The second-order valence-electron chi connectivity index (χ2n) is 6.77. The predicted molar refractivity (Wildman–Crippen MR) is 105 cm³/mol. The number of para-hydroxylation sites is 1. The number of benzene rings is 2. The Hall–Kier alpha value is -3.73. The zero-order chi connectivity index (χ0) is 19.1. The van der Waals surface area contributed by atoms with Gasteiger partial charge >= 0.3 is 0 Å². The van der Waals surface area contributed by atoms with Gasteiger partial charge in [0, 0.05) is 18.9 Å². The molecular weight excluding hydrogens is 352 g/mol. The Kier molecular flexibility index (Phi) is 3.79. The summed E-state index contributed by atoms with van der Waals surface area (Å²) in [6.07, 6.45) is 3.34. The molecule has 3 heterocycles. The Labute approximate surface area is 160 Å². The molecule has 1 aliphatic rings. The van der Waals surface area contributed by atoms with E-state index >= 15 is 0 Å². The highest BCUT2D eigenvalue weighted by Crippen LogP contribution is 2.38. The maximum Gasteiger partial charge on any atom is 0.291 e. The number of fused-ring (bicyclic) bond motifs is 2. The number of amides is 1. The first kappa shape index (κ1) is 16.4. The summed E-state index contributed by atoms with van der Waals surface area (Å²) in [5.74, 6) is -0.148. The van der Waals surface area contributed by atoms with Gasteiger partial charge in [-0.2, -0.15) is 0 Å². The van der Waals surface area contributed by atoms with Gasteiger partial charge in [-0.1, -0.05) is 42.5 Å². The third-order valence-electron chi connectivity index (χ3n) is 5.09. The molecule has 5 nitrogen and oxygen atoms in total. The number of nitrogens with zero attached hydrogens (tertiary/aromatic N) is 2. The summed E-state index contributed by atoms with van der Waals surface area (Å²) >= 11 is 0. The Bertz CT molecular complexity index is 1230. The topological polar surface area (TPSA) is 63.4 Å². The molecule has 1 aliphatic heterocycles. The molecule has 0 spiro atoms. The molecule has 0 fully saturated rings. The molecule has 0 radical (unpaired) electrons. The Morgan fingerprint density at radius 3 is 2.39 bits per heavy atom. The molecule has 0 aliphatic carbocycles. The average molecular weight is 368 g/mol. The van der Waals surface area contributed by atoms with Crippen molar-refractivity contribution in [3.05, 3.63) is 112 Å². The number of carbonyl (C=O) groups is 1. The van der Waals surface area contributed by atoms with Crippen LogP contribution in [-0.2, 0) is 6.54 Å². The Balaban J connectivity index is 1.74. The smallest absolute Gasteiger partial charge is 0.291 e. The van der Waals surface area contributed by atoms with Crippen LogP contribution >= 0.6 is 0 Å². The molecule has 136 valence electrons. The Morgan fingerprint density at radius 1 is 0.893 bits per heavy atom. The van der Waals surface area contributed by atoms with Gasteiger partial charge in [-0.05, 0) is 35.4 Å². The molecule has 0 bridgehead atoms. The normalized spacial score (nSPS) is 15.8. The highest BCUT2D eigenvalue weighted by Gasteiger charge is 2.42. The van der Waals surface area contributed by atoms with Gasteiger partial charge in [-0.15, -0.1) is 0 Å². The first-order chi connectivity index (χ1) is 13.7. The number of hydrogen-bond donors (Lipinski definition) is 0. The Morgan fingerprint density at radius 2 is 1.61 bits per heavy atom. The molecule has 28 heavy (non-hydrogen) atoms. The predicted octanol–water partition coefficient (Wildman–Crippen LogP) is 3.93. The average Bonchev–Trinajstić information content (AvgIpc) is 3.02. The molecule has 1 atom stereocenters. The number of pyridine rings is 1. The van der Waals surface area contributed by atoms with Crippen LogP contribution in [0.5, 0.6) is 0 Å². The van der Waals surface area contributed by atoms with E-state index in [1.807, 2.05) is 42.5 Å². The third kappa shape index (κ3) is 2.52. The van der Waals surface area contributed by atoms with Crippen LogP contribution in [0.15, 0.2) is 88.3 Å². The molecule has 0 N–H and O–H groups in total. The van der Waals surface area contributed by atoms with E-state index in [-0.39, 0.29) is 17.1 Å². The summed E-state index contributed by atoms with van der Waals surface area (Å²) < 4.78 is 5.91. The first-order valence-corrected chi connectivity index (χ1v) is 9.04. The molecule has 2 aromatic carbocycles. The van der Waals surface area contributed by atoms with Gasteiger partial charge in [0.25, 0.3) is 5.91 Å². The van der Waals surface area contributed by atoms with Crippen molar-refractivity contribution < 1.29 is 9.21 Å². The molecular formula is C23H16N2O3. The van der Waals surface area contributed by atoms with Crippen LogP contribution in [0.25, 0.3) is 11.0 Å². The first-order valence-electron chi connectivity index (χ1n) is 9.04. The van der Waals surface area contributed by atoms with E-state index in [1.165, 1.54) is 0 Å². The molecule has 0 saturated carbocycles. The lowest BCUT2D eigenvalue weighted by atomic mass is 9.99. The van der Waals surface area contributed by atoms with Crippen molar-refractivity contribution in [2.75, 3.05) is 0 Å². The van der Waals surface area contributed by atoms with Crippen LogP contribution in [0, 0.1) is 0 Å². The largest absolute Gasteiger partial charge is 0.450 e. The van der Waals surface area contributed by atoms with Crippen LogP contribution in [0.4, 0.5) is 0 Å². The number of rotatable bonds is 3. The van der Waals surface area contributed by atoms with E-state index in [0.29, 0.717) is 23.1 Å². The van der Waals surface area contributed by atoms with Crippen LogP contribution < -0.4 is 5.43 Å². The highest BCUT2D eigenvalue weighted by molar-refractivity contribution is 5.99. The SMILES string of the molecule is O=C1c2oc3ccccc3c(=O)c2C(c2ccncc2)N1Cc1ccccc1. The summed E-state index contributed by atoms with van der Waals surface area (Å²) in [5, 5.41) is 0.481. The van der Waals surface area contributed by atoms with E-state index in [4.69, 9.17) is 4.42 Å². The lowest BCUT2D eigenvalue weighted by Gasteiger charge is -2.25. The molecule has 5 heteroatoms. The van der Waals surface area contributed by atoms with Gasteiger partial charge in [0.05, 0.1) is 17.0 Å². The van der Waals surface area contributed by atoms with E-state index in [1.54, 1.807) is 41.6 Å². The summed E-state index contributed by atoms with van der Waals surface area (Å²) in [4.78, 5) is 32.3. The van der Waals surface area contributed by atoms with Gasteiger partial charge in [-0.25, -0.2) is 0 Å². The summed E-state index contributed by atoms with van der Waals surface area (Å²) in [6.45, 7) is 0.382. The second kappa shape index (κ2) is 6.46. The van der Waals surface area contributed by atoms with Crippen molar-refractivity contribution in [2.24, 2.45) is 0 Å². The fraction of sp³-hybridized carbons (Fsp3) is 0.0870. The van der Waals surface area contributed by atoms with Gasteiger partial charge < -0.3 is 9.32 Å². The lowest BCUT2D eigenvalue weighted by molar-refractivity contribution is 0.0714. The monoisotopic (exact) mass is 368 g/mol. The minimum Gasteiger partial charge on any atom is -0.450 e. The lowest BCUT2D eigenvalue weighted by Crippen LogP contribution is -2.29. The molecule has 1 amide bonds. The van der Waals surface area contributed by atoms with Gasteiger partial charge in [0.2, 0.25) is 5.76 Å². The number of carbonyl (C=O) groups excluding carboxylic acids is 1. The summed E-state index contributed by atoms with van der Waals surface area (Å²) in [7, 11) is 0. The van der Waals surface area contributed by atoms with Crippen molar-refractivity contribution in [1.82, 2.24) is 9.88 Å². The maximum absolute atomic E-state index is 13.3. The van der Waals surface area contributed by atoms with Crippen molar-refractivity contribution in [3.63, 3.8) is 0 Å². The van der Waals surface area contributed by atoms with Gasteiger partial charge in [0.1, 0.15) is 5.58 Å². The third-order valence-corrected chi connectivity index (χ3v) is 5.09. The maximum atomic E-state index is 13.3. The minimum atomic E-state index is -0.508. The van der Waals surface area contributed by atoms with Crippen LogP contribution in [-0.4, -0.2) is 15.8 Å². The van der Waals surface area contributed by atoms with Crippen LogP contribution in [0.1, 0.15) is 33.3 Å².